The molecular formula is C7H16O2. The molecule has 9 heavy (non-hydrogen) atoms. The fraction of sp³-hybridized carbons (Fsp3) is 1.00. The van der Waals surface area contributed by atoms with Crippen LogP contribution in [0.5, 0.6) is 0 Å². The Hall–Kier alpha value is -0.0800. The fourth-order valence-corrected chi connectivity index (χ4v) is 0.920. The molecule has 0 saturated carbocycles. The van der Waals surface area contributed by atoms with Crippen molar-refractivity contribution in [1.29, 1.82) is 0 Å². The van der Waals surface area contributed by atoms with E-state index in [0.717, 1.165) is 0 Å². The molecule has 0 radical (unpaired) electrons. The highest BCUT2D eigenvalue weighted by atomic mass is 16.3. The zero-order valence-corrected chi connectivity index (χ0v) is 6.33. The Kier molecular flexibility index (Phi) is 3.82. The van der Waals surface area contributed by atoms with Gasteiger partial charge in [-0.15, -0.1) is 0 Å². The number of hydrogen-bond acceptors (Lipinski definition) is 2. The summed E-state index contributed by atoms with van der Waals surface area (Å²) in [6.45, 7) is 5.78. The van der Waals surface area contributed by atoms with Gasteiger partial charge in [-0.25, -0.2) is 0 Å². The van der Waals surface area contributed by atoms with E-state index < -0.39 is 6.10 Å². The van der Waals surface area contributed by atoms with Gasteiger partial charge >= 0.3 is 0 Å². The molecule has 2 unspecified atom stereocenters. The van der Waals surface area contributed by atoms with Crippen LogP contribution in [0.2, 0.25) is 0 Å². The highest BCUT2D eigenvalue weighted by Crippen LogP contribution is 2.13. The minimum Gasteiger partial charge on any atom is -0.396 e. The predicted molar refractivity (Wildman–Crippen MR) is 37.1 cm³/mol. The van der Waals surface area contributed by atoms with Gasteiger partial charge in [0.2, 0.25) is 0 Å². The van der Waals surface area contributed by atoms with Crippen LogP contribution in [-0.4, -0.2) is 22.9 Å². The van der Waals surface area contributed by atoms with E-state index in [9.17, 15) is 0 Å². The number of hydrogen-bond donors (Lipinski definition) is 2. The van der Waals surface area contributed by atoms with Gasteiger partial charge in [0.1, 0.15) is 0 Å². The molecule has 2 nitrogen and oxygen atoms in total. The van der Waals surface area contributed by atoms with Crippen molar-refractivity contribution in [3.05, 3.63) is 0 Å². The van der Waals surface area contributed by atoms with Gasteiger partial charge in [-0.1, -0.05) is 13.8 Å². The minimum absolute atomic E-state index is 0.0324. The van der Waals surface area contributed by atoms with Crippen molar-refractivity contribution in [3.63, 3.8) is 0 Å². The SMILES string of the molecule is CC(C)C(CO)C(C)O. The smallest absolute Gasteiger partial charge is 0.0564 e. The maximum Gasteiger partial charge on any atom is 0.0564 e. The van der Waals surface area contributed by atoms with Crippen molar-refractivity contribution >= 4 is 0 Å². The van der Waals surface area contributed by atoms with Crippen molar-refractivity contribution in [2.75, 3.05) is 6.61 Å². The number of aliphatic hydroxyl groups is 2. The Morgan fingerprint density at radius 2 is 1.67 bits per heavy atom. The van der Waals surface area contributed by atoms with Gasteiger partial charge in [0, 0.05) is 12.5 Å². The molecule has 0 spiro atoms. The molecule has 0 aliphatic carbocycles. The molecule has 0 saturated heterocycles. The van der Waals surface area contributed by atoms with Gasteiger partial charge in [-0.2, -0.15) is 0 Å². The zero-order valence-electron chi connectivity index (χ0n) is 6.33. The van der Waals surface area contributed by atoms with E-state index in [1.807, 2.05) is 13.8 Å². The normalized spacial score (nSPS) is 18.0. The van der Waals surface area contributed by atoms with Crippen molar-refractivity contribution in [3.8, 4) is 0 Å². The second kappa shape index (κ2) is 3.85. The first-order chi connectivity index (χ1) is 4.09. The summed E-state index contributed by atoms with van der Waals surface area (Å²) in [7, 11) is 0. The van der Waals surface area contributed by atoms with E-state index in [4.69, 9.17) is 10.2 Å². The molecule has 0 rings (SSSR count). The van der Waals surface area contributed by atoms with Gasteiger partial charge in [-0.05, 0) is 12.8 Å². The molecule has 56 valence electrons. The lowest BCUT2D eigenvalue weighted by molar-refractivity contribution is 0.0542. The van der Waals surface area contributed by atoms with Gasteiger partial charge in [0.05, 0.1) is 6.10 Å². The molecule has 0 heterocycles. The summed E-state index contributed by atoms with van der Waals surface area (Å²) >= 11 is 0. The third-order valence-electron chi connectivity index (χ3n) is 1.69. The van der Waals surface area contributed by atoms with E-state index in [0.29, 0.717) is 5.92 Å². The van der Waals surface area contributed by atoms with Crippen molar-refractivity contribution in [2.24, 2.45) is 11.8 Å². The van der Waals surface area contributed by atoms with Crippen molar-refractivity contribution in [2.45, 2.75) is 26.9 Å². The van der Waals surface area contributed by atoms with E-state index in [2.05, 4.69) is 0 Å². The van der Waals surface area contributed by atoms with Crippen LogP contribution < -0.4 is 0 Å². The van der Waals surface area contributed by atoms with Crippen molar-refractivity contribution < 1.29 is 10.2 Å². The second-order valence-electron chi connectivity index (χ2n) is 2.83. The molecule has 2 heteroatoms. The Morgan fingerprint density at radius 1 is 1.22 bits per heavy atom. The first-order valence-electron chi connectivity index (χ1n) is 3.38. The van der Waals surface area contributed by atoms with Crippen LogP contribution in [0.15, 0.2) is 0 Å². The number of aliphatic hydroxyl groups excluding tert-OH is 2. The second-order valence-corrected chi connectivity index (χ2v) is 2.83. The monoisotopic (exact) mass is 132 g/mol. The molecule has 0 bridgehead atoms. The Bertz CT molecular complexity index is 61.3. The summed E-state index contributed by atoms with van der Waals surface area (Å²) in [5.41, 5.74) is 0. The minimum atomic E-state index is -0.394. The lowest BCUT2D eigenvalue weighted by atomic mass is 9.92. The molecule has 0 aromatic heterocycles. The summed E-state index contributed by atoms with van der Waals surface area (Å²) in [4.78, 5) is 0. The highest BCUT2D eigenvalue weighted by molar-refractivity contribution is 4.66. The summed E-state index contributed by atoms with van der Waals surface area (Å²) in [5, 5.41) is 17.7. The van der Waals surface area contributed by atoms with Gasteiger partial charge < -0.3 is 10.2 Å². The van der Waals surface area contributed by atoms with Crippen LogP contribution in [0.1, 0.15) is 20.8 Å². The summed E-state index contributed by atoms with van der Waals surface area (Å²) in [6.07, 6.45) is -0.394. The van der Waals surface area contributed by atoms with Crippen LogP contribution in [-0.2, 0) is 0 Å². The van der Waals surface area contributed by atoms with Crippen LogP contribution >= 0.6 is 0 Å². The average molecular weight is 132 g/mol. The first kappa shape index (κ1) is 8.92. The molecule has 2 atom stereocenters. The topological polar surface area (TPSA) is 40.5 Å². The predicted octanol–water partition coefficient (Wildman–Crippen LogP) is 0.632. The highest BCUT2D eigenvalue weighted by Gasteiger charge is 2.16. The van der Waals surface area contributed by atoms with Crippen LogP contribution in [0.3, 0.4) is 0 Å². The molecule has 0 aliphatic rings. The number of rotatable bonds is 3. The summed E-state index contributed by atoms with van der Waals surface area (Å²) < 4.78 is 0. The van der Waals surface area contributed by atoms with Crippen LogP contribution in [0, 0.1) is 11.8 Å². The Labute approximate surface area is 56.5 Å². The lowest BCUT2D eigenvalue weighted by Gasteiger charge is -2.20. The molecular weight excluding hydrogens is 116 g/mol. The lowest BCUT2D eigenvalue weighted by Crippen LogP contribution is -2.25. The maximum atomic E-state index is 9.02. The summed E-state index contributed by atoms with van der Waals surface area (Å²) in [5.74, 6) is 0.389. The molecule has 0 amide bonds. The van der Waals surface area contributed by atoms with Crippen LogP contribution in [0.4, 0.5) is 0 Å². The van der Waals surface area contributed by atoms with E-state index in [1.165, 1.54) is 0 Å². The van der Waals surface area contributed by atoms with Crippen LogP contribution in [0.25, 0.3) is 0 Å². The Balaban J connectivity index is 3.68. The zero-order chi connectivity index (χ0) is 7.44. The average Bonchev–Trinajstić information content (AvgIpc) is 1.64. The molecule has 0 aliphatic heterocycles. The van der Waals surface area contributed by atoms with Gasteiger partial charge in [0.15, 0.2) is 0 Å². The van der Waals surface area contributed by atoms with Crippen molar-refractivity contribution in [1.82, 2.24) is 0 Å². The third kappa shape index (κ3) is 2.82. The van der Waals surface area contributed by atoms with E-state index in [-0.39, 0.29) is 12.5 Å². The van der Waals surface area contributed by atoms with Gasteiger partial charge in [0.25, 0.3) is 0 Å². The quantitative estimate of drug-likeness (QED) is 0.591. The molecule has 0 aromatic rings. The molecule has 2 N–H and O–H groups in total. The van der Waals surface area contributed by atoms with E-state index in [1.54, 1.807) is 6.92 Å². The largest absolute Gasteiger partial charge is 0.396 e. The fourth-order valence-electron chi connectivity index (χ4n) is 0.920. The third-order valence-corrected chi connectivity index (χ3v) is 1.69. The Morgan fingerprint density at radius 3 is 1.67 bits per heavy atom. The molecule has 0 fully saturated rings. The van der Waals surface area contributed by atoms with Gasteiger partial charge in [-0.3, -0.25) is 0 Å². The van der Waals surface area contributed by atoms with E-state index >= 15 is 0 Å². The maximum absolute atomic E-state index is 9.02. The summed E-state index contributed by atoms with van der Waals surface area (Å²) in [6, 6.07) is 0. The first-order valence-corrected chi connectivity index (χ1v) is 3.38. The standard InChI is InChI=1S/C7H16O2/c1-5(2)7(4-8)6(3)9/h5-9H,4H2,1-3H3. The molecule has 0 aromatic carbocycles.